The maximum atomic E-state index is 12.1. The van der Waals surface area contributed by atoms with Crippen LogP contribution >= 0.6 is 15.9 Å². The van der Waals surface area contributed by atoms with E-state index < -0.39 is 5.60 Å². The summed E-state index contributed by atoms with van der Waals surface area (Å²) in [5, 5.41) is 15.3. The van der Waals surface area contributed by atoms with Crippen molar-refractivity contribution >= 4 is 37.6 Å². The normalized spacial score (nSPS) is 13.6. The van der Waals surface area contributed by atoms with Gasteiger partial charge in [-0.05, 0) is 61.1 Å². The van der Waals surface area contributed by atoms with Crippen LogP contribution in [0.3, 0.4) is 0 Å². The lowest BCUT2D eigenvalue weighted by molar-refractivity contribution is 0.0220. The molecule has 5 heteroatoms. The smallest absolute Gasteiger partial charge is 0.216 e. The fraction of sp³-hybridized carbons (Fsp3) is 0.269. The van der Waals surface area contributed by atoms with Crippen LogP contribution < -0.4 is 4.74 Å². The Bertz CT molecular complexity index is 1220. The first-order valence-corrected chi connectivity index (χ1v) is 11.2. The lowest BCUT2D eigenvalue weighted by atomic mass is 9.81. The lowest BCUT2D eigenvalue weighted by Crippen LogP contribution is -2.33. The summed E-state index contributed by atoms with van der Waals surface area (Å²) >= 11 is 3.54. The number of halogens is 1. The highest BCUT2D eigenvalue weighted by Crippen LogP contribution is 2.37. The zero-order valence-electron chi connectivity index (χ0n) is 18.1. The number of aliphatic hydroxyl groups is 1. The molecule has 0 amide bonds. The van der Waals surface area contributed by atoms with Gasteiger partial charge in [0.15, 0.2) is 0 Å². The zero-order chi connectivity index (χ0) is 22.0. The predicted molar refractivity (Wildman–Crippen MR) is 131 cm³/mol. The van der Waals surface area contributed by atoms with Crippen molar-refractivity contribution < 1.29 is 9.84 Å². The third-order valence-electron chi connectivity index (χ3n) is 5.76. The summed E-state index contributed by atoms with van der Waals surface area (Å²) in [6.45, 7) is 0.759. The third-order valence-corrected chi connectivity index (χ3v) is 6.25. The first-order valence-electron chi connectivity index (χ1n) is 10.4. The van der Waals surface area contributed by atoms with Crippen molar-refractivity contribution in [2.45, 2.75) is 18.4 Å². The van der Waals surface area contributed by atoms with Gasteiger partial charge in [0.2, 0.25) is 5.88 Å². The number of pyridine rings is 1. The largest absolute Gasteiger partial charge is 0.481 e. The van der Waals surface area contributed by atoms with Gasteiger partial charge in [-0.3, -0.25) is 0 Å². The van der Waals surface area contributed by atoms with E-state index in [0.29, 0.717) is 18.7 Å². The van der Waals surface area contributed by atoms with Crippen LogP contribution in [0.25, 0.3) is 21.7 Å². The van der Waals surface area contributed by atoms with E-state index >= 15 is 0 Å². The molecule has 0 bridgehead atoms. The molecule has 4 aromatic rings. The first-order chi connectivity index (χ1) is 14.9. The fourth-order valence-electron chi connectivity index (χ4n) is 4.15. The van der Waals surface area contributed by atoms with E-state index in [2.05, 4.69) is 45.1 Å². The van der Waals surface area contributed by atoms with E-state index in [1.807, 2.05) is 56.6 Å². The summed E-state index contributed by atoms with van der Waals surface area (Å²) in [7, 11) is 5.69. The Morgan fingerprint density at radius 1 is 1.00 bits per heavy atom. The number of fused-ring (bicyclic) bond motifs is 2. The maximum absolute atomic E-state index is 12.1. The number of ether oxygens (including phenoxy) is 1. The second-order valence-electron chi connectivity index (χ2n) is 8.28. The summed E-state index contributed by atoms with van der Waals surface area (Å²) in [6, 6.07) is 22.4. The van der Waals surface area contributed by atoms with Crippen molar-refractivity contribution in [1.29, 1.82) is 0 Å². The Hall–Kier alpha value is -2.47. The standard InChI is InChI=1S/C26H27BrN2O2/c1-29(2)14-13-26(30,23-10-6-8-18-7-4-5-9-22(18)23)17-20-15-19-16-21(27)11-12-24(19)28-25(20)31-3/h4-12,15-16,30H,13-14,17H2,1-3H3. The molecule has 1 aromatic heterocycles. The minimum atomic E-state index is -1.07. The number of rotatable bonds is 7. The molecular weight excluding hydrogens is 452 g/mol. The van der Waals surface area contributed by atoms with Crippen molar-refractivity contribution in [1.82, 2.24) is 9.88 Å². The van der Waals surface area contributed by atoms with Crippen molar-refractivity contribution in [2.24, 2.45) is 0 Å². The Balaban J connectivity index is 1.85. The van der Waals surface area contributed by atoms with Crippen molar-refractivity contribution in [2.75, 3.05) is 27.7 Å². The molecule has 0 aliphatic heterocycles. The quantitative estimate of drug-likeness (QED) is 0.378. The van der Waals surface area contributed by atoms with Crippen LogP contribution in [-0.4, -0.2) is 42.7 Å². The monoisotopic (exact) mass is 478 g/mol. The molecule has 3 aromatic carbocycles. The number of nitrogens with zero attached hydrogens (tertiary/aromatic N) is 2. The molecule has 0 spiro atoms. The van der Waals surface area contributed by atoms with Crippen molar-refractivity contribution in [3.63, 3.8) is 0 Å². The molecule has 0 aliphatic rings. The number of methoxy groups -OCH3 is 1. The van der Waals surface area contributed by atoms with Crippen LogP contribution in [0, 0.1) is 0 Å². The maximum Gasteiger partial charge on any atom is 0.216 e. The Kier molecular flexibility index (Phi) is 6.28. The molecular formula is C26H27BrN2O2. The lowest BCUT2D eigenvalue weighted by Gasteiger charge is -2.32. The number of aromatic nitrogens is 1. The van der Waals surface area contributed by atoms with Gasteiger partial charge < -0.3 is 14.7 Å². The van der Waals surface area contributed by atoms with Crippen LogP contribution in [0.2, 0.25) is 0 Å². The predicted octanol–water partition coefficient (Wildman–Crippen LogP) is 5.54. The Morgan fingerprint density at radius 3 is 2.55 bits per heavy atom. The summed E-state index contributed by atoms with van der Waals surface area (Å²) in [6.07, 6.45) is 1.00. The molecule has 1 atom stereocenters. The van der Waals surface area contributed by atoms with E-state index in [1.54, 1.807) is 7.11 Å². The minimum absolute atomic E-state index is 0.410. The average molecular weight is 479 g/mol. The zero-order valence-corrected chi connectivity index (χ0v) is 19.7. The summed E-state index contributed by atoms with van der Waals surface area (Å²) < 4.78 is 6.63. The highest BCUT2D eigenvalue weighted by Gasteiger charge is 2.32. The van der Waals surface area contributed by atoms with E-state index in [1.165, 1.54) is 0 Å². The molecule has 4 rings (SSSR count). The molecule has 1 unspecified atom stereocenters. The minimum Gasteiger partial charge on any atom is -0.481 e. The van der Waals surface area contributed by atoms with Gasteiger partial charge in [0.05, 0.1) is 18.2 Å². The van der Waals surface area contributed by atoms with Gasteiger partial charge in [0.25, 0.3) is 0 Å². The van der Waals surface area contributed by atoms with Gasteiger partial charge in [-0.2, -0.15) is 0 Å². The van der Waals surface area contributed by atoms with E-state index in [-0.39, 0.29) is 0 Å². The van der Waals surface area contributed by atoms with Crippen molar-refractivity contribution in [3.8, 4) is 5.88 Å². The Morgan fingerprint density at radius 2 is 1.77 bits per heavy atom. The summed E-state index contributed by atoms with van der Waals surface area (Å²) in [5.74, 6) is 0.554. The van der Waals surface area contributed by atoms with Gasteiger partial charge in [-0.25, -0.2) is 4.98 Å². The average Bonchev–Trinajstić information content (AvgIpc) is 2.77. The fourth-order valence-corrected chi connectivity index (χ4v) is 4.53. The second kappa shape index (κ2) is 8.95. The van der Waals surface area contributed by atoms with Gasteiger partial charge in [0.1, 0.15) is 0 Å². The van der Waals surface area contributed by atoms with E-state index in [4.69, 9.17) is 9.72 Å². The molecule has 160 valence electrons. The SMILES string of the molecule is COc1nc2ccc(Br)cc2cc1CC(O)(CCN(C)C)c1cccc2ccccc12. The van der Waals surface area contributed by atoms with Crippen LogP contribution in [0.15, 0.2) is 71.2 Å². The van der Waals surface area contributed by atoms with Crippen LogP contribution in [0.5, 0.6) is 5.88 Å². The van der Waals surface area contributed by atoms with E-state index in [0.717, 1.165) is 43.8 Å². The number of hydrogen-bond acceptors (Lipinski definition) is 4. The van der Waals surface area contributed by atoms with Gasteiger partial charge in [-0.15, -0.1) is 0 Å². The van der Waals surface area contributed by atoms with Gasteiger partial charge in [0, 0.05) is 28.4 Å². The second-order valence-corrected chi connectivity index (χ2v) is 9.20. The van der Waals surface area contributed by atoms with Crippen LogP contribution in [-0.2, 0) is 12.0 Å². The van der Waals surface area contributed by atoms with Gasteiger partial charge in [-0.1, -0.05) is 58.4 Å². The summed E-state index contributed by atoms with van der Waals surface area (Å²) in [4.78, 5) is 6.81. The van der Waals surface area contributed by atoms with E-state index in [9.17, 15) is 5.11 Å². The summed E-state index contributed by atoms with van der Waals surface area (Å²) in [5.41, 5.74) is 1.62. The topological polar surface area (TPSA) is 45.6 Å². The van der Waals surface area contributed by atoms with Crippen molar-refractivity contribution in [3.05, 3.63) is 82.3 Å². The highest BCUT2D eigenvalue weighted by molar-refractivity contribution is 9.10. The number of hydrogen-bond donors (Lipinski definition) is 1. The Labute approximate surface area is 191 Å². The molecule has 0 fully saturated rings. The molecule has 1 N–H and O–H groups in total. The molecule has 0 saturated carbocycles. The van der Waals surface area contributed by atoms with Crippen LogP contribution in [0.4, 0.5) is 0 Å². The molecule has 0 aliphatic carbocycles. The number of benzene rings is 3. The molecule has 1 heterocycles. The van der Waals surface area contributed by atoms with Crippen LogP contribution in [0.1, 0.15) is 17.5 Å². The molecule has 0 radical (unpaired) electrons. The molecule has 0 saturated heterocycles. The molecule has 31 heavy (non-hydrogen) atoms. The molecule has 4 nitrogen and oxygen atoms in total. The first kappa shape index (κ1) is 21.8. The highest BCUT2D eigenvalue weighted by atomic mass is 79.9. The van der Waals surface area contributed by atoms with Gasteiger partial charge >= 0.3 is 0 Å². The third kappa shape index (κ3) is 4.59.